The van der Waals surface area contributed by atoms with E-state index in [1.807, 2.05) is 31.2 Å². The molecule has 1 aromatic carbocycles. The Labute approximate surface area is 154 Å². The smallest absolute Gasteiger partial charge is 0.230 e. The summed E-state index contributed by atoms with van der Waals surface area (Å²) in [7, 11) is 0. The number of likely N-dealkylation sites (tertiary alicyclic amines) is 1. The van der Waals surface area contributed by atoms with Gasteiger partial charge in [-0.05, 0) is 70.0 Å². The van der Waals surface area contributed by atoms with E-state index in [9.17, 15) is 0 Å². The van der Waals surface area contributed by atoms with Crippen molar-refractivity contribution in [2.75, 3.05) is 32.8 Å². The molecule has 0 atom stereocenters. The lowest BCUT2D eigenvalue weighted by molar-refractivity contribution is -0.00961. The van der Waals surface area contributed by atoms with Crippen LogP contribution >= 0.6 is 0 Å². The SMILES string of the molecule is CCOC1CC(c2nc(-c3ccc(OCCN4CCCC4)cc3)no2)C1. The zero-order chi connectivity index (χ0) is 17.8. The van der Waals surface area contributed by atoms with Crippen molar-refractivity contribution < 1.29 is 14.0 Å². The third-order valence-electron chi connectivity index (χ3n) is 5.28. The monoisotopic (exact) mass is 357 g/mol. The van der Waals surface area contributed by atoms with Gasteiger partial charge in [0.25, 0.3) is 0 Å². The first-order valence-corrected chi connectivity index (χ1v) is 9.72. The van der Waals surface area contributed by atoms with Crippen LogP contribution in [0.4, 0.5) is 0 Å². The molecule has 0 bridgehead atoms. The standard InChI is InChI=1S/C20H27N3O3/c1-2-24-18-13-16(14-18)20-21-19(22-26-20)15-5-7-17(8-6-15)25-12-11-23-9-3-4-10-23/h5-8,16,18H,2-4,9-14H2,1H3. The Bertz CT molecular complexity index is 689. The van der Waals surface area contributed by atoms with E-state index in [4.69, 9.17) is 14.0 Å². The molecule has 2 heterocycles. The number of ether oxygens (including phenoxy) is 2. The maximum atomic E-state index is 5.84. The molecule has 1 aliphatic heterocycles. The van der Waals surface area contributed by atoms with E-state index in [0.29, 0.717) is 17.8 Å². The van der Waals surface area contributed by atoms with Crippen molar-refractivity contribution in [3.63, 3.8) is 0 Å². The first kappa shape index (κ1) is 17.5. The lowest BCUT2D eigenvalue weighted by Crippen LogP contribution is -2.29. The van der Waals surface area contributed by atoms with E-state index in [1.165, 1.54) is 25.9 Å². The maximum Gasteiger partial charge on any atom is 0.230 e. The van der Waals surface area contributed by atoms with Crippen LogP contribution in [0.15, 0.2) is 28.8 Å². The molecule has 2 aromatic rings. The topological polar surface area (TPSA) is 60.6 Å². The summed E-state index contributed by atoms with van der Waals surface area (Å²) in [6.45, 7) is 6.93. The van der Waals surface area contributed by atoms with Crippen LogP contribution in [0.5, 0.6) is 5.75 Å². The number of benzene rings is 1. The lowest BCUT2D eigenvalue weighted by atomic mass is 9.82. The first-order valence-electron chi connectivity index (χ1n) is 9.72. The molecule has 0 amide bonds. The van der Waals surface area contributed by atoms with Gasteiger partial charge in [0.1, 0.15) is 12.4 Å². The summed E-state index contributed by atoms with van der Waals surface area (Å²) in [5, 5.41) is 4.13. The summed E-state index contributed by atoms with van der Waals surface area (Å²) < 4.78 is 16.9. The van der Waals surface area contributed by atoms with E-state index in [0.717, 1.165) is 49.8 Å². The average Bonchev–Trinajstić information content (AvgIpc) is 3.30. The van der Waals surface area contributed by atoms with Crippen molar-refractivity contribution in [2.45, 2.75) is 44.6 Å². The number of hydrogen-bond donors (Lipinski definition) is 0. The molecular weight excluding hydrogens is 330 g/mol. The van der Waals surface area contributed by atoms with Crippen molar-refractivity contribution in [2.24, 2.45) is 0 Å². The largest absolute Gasteiger partial charge is 0.492 e. The molecule has 6 nitrogen and oxygen atoms in total. The van der Waals surface area contributed by atoms with E-state index in [-0.39, 0.29) is 0 Å². The van der Waals surface area contributed by atoms with E-state index < -0.39 is 0 Å². The minimum Gasteiger partial charge on any atom is -0.492 e. The van der Waals surface area contributed by atoms with Crippen LogP contribution in [0.1, 0.15) is 44.4 Å². The Morgan fingerprint density at radius 1 is 1.15 bits per heavy atom. The minimum atomic E-state index is 0.334. The fourth-order valence-electron chi connectivity index (χ4n) is 3.66. The van der Waals surface area contributed by atoms with Crippen molar-refractivity contribution in [3.05, 3.63) is 30.2 Å². The summed E-state index contributed by atoms with van der Waals surface area (Å²) in [6.07, 6.45) is 4.92. The second kappa shape index (κ2) is 8.18. The molecule has 140 valence electrons. The Hall–Kier alpha value is -1.92. The highest BCUT2D eigenvalue weighted by atomic mass is 16.5. The zero-order valence-corrected chi connectivity index (χ0v) is 15.4. The van der Waals surface area contributed by atoms with Crippen molar-refractivity contribution >= 4 is 0 Å². The van der Waals surface area contributed by atoms with Gasteiger partial charge in [0, 0.05) is 24.6 Å². The highest BCUT2D eigenvalue weighted by molar-refractivity contribution is 5.55. The molecule has 26 heavy (non-hydrogen) atoms. The quantitative estimate of drug-likeness (QED) is 0.721. The third kappa shape index (κ3) is 4.07. The Morgan fingerprint density at radius 3 is 2.65 bits per heavy atom. The lowest BCUT2D eigenvalue weighted by Gasteiger charge is -2.32. The van der Waals surface area contributed by atoms with Gasteiger partial charge in [0.05, 0.1) is 6.10 Å². The first-order chi connectivity index (χ1) is 12.8. The highest BCUT2D eigenvalue weighted by Crippen LogP contribution is 2.38. The minimum absolute atomic E-state index is 0.334. The molecule has 1 aliphatic carbocycles. The summed E-state index contributed by atoms with van der Waals surface area (Å²) in [5.41, 5.74) is 0.951. The molecular formula is C20H27N3O3. The molecule has 0 radical (unpaired) electrons. The molecule has 2 fully saturated rings. The third-order valence-corrected chi connectivity index (χ3v) is 5.28. The second-order valence-corrected chi connectivity index (χ2v) is 7.12. The molecule has 0 N–H and O–H groups in total. The van der Waals surface area contributed by atoms with Gasteiger partial charge in [-0.2, -0.15) is 4.98 Å². The molecule has 6 heteroatoms. The van der Waals surface area contributed by atoms with Crippen molar-refractivity contribution in [3.8, 4) is 17.1 Å². The predicted octanol–water partition coefficient (Wildman–Crippen LogP) is 3.49. The van der Waals surface area contributed by atoms with Gasteiger partial charge in [-0.3, -0.25) is 4.90 Å². The Balaban J connectivity index is 1.28. The van der Waals surface area contributed by atoms with Gasteiger partial charge >= 0.3 is 0 Å². The van der Waals surface area contributed by atoms with E-state index >= 15 is 0 Å². The zero-order valence-electron chi connectivity index (χ0n) is 15.4. The normalized spacial score (nSPS) is 23.1. The number of aromatic nitrogens is 2. The van der Waals surface area contributed by atoms with Gasteiger partial charge in [-0.25, -0.2) is 0 Å². The Morgan fingerprint density at radius 2 is 1.92 bits per heavy atom. The van der Waals surface area contributed by atoms with Gasteiger partial charge in [-0.1, -0.05) is 5.16 Å². The van der Waals surface area contributed by atoms with Gasteiger partial charge < -0.3 is 14.0 Å². The van der Waals surface area contributed by atoms with Crippen LogP contribution in [0, 0.1) is 0 Å². The molecule has 4 rings (SSSR count). The molecule has 1 saturated carbocycles. The summed E-state index contributed by atoms with van der Waals surface area (Å²) >= 11 is 0. The summed E-state index contributed by atoms with van der Waals surface area (Å²) in [5.74, 6) is 2.58. The number of nitrogens with zero attached hydrogens (tertiary/aromatic N) is 3. The molecule has 1 saturated heterocycles. The number of rotatable bonds is 8. The predicted molar refractivity (Wildman–Crippen MR) is 98.3 cm³/mol. The summed E-state index contributed by atoms with van der Waals surface area (Å²) in [6, 6.07) is 7.93. The molecule has 0 unspecified atom stereocenters. The van der Waals surface area contributed by atoms with Crippen LogP contribution in [0.25, 0.3) is 11.4 Å². The van der Waals surface area contributed by atoms with E-state index in [2.05, 4.69) is 15.0 Å². The fraction of sp³-hybridized carbons (Fsp3) is 0.600. The Kier molecular flexibility index (Phi) is 5.51. The van der Waals surface area contributed by atoms with Gasteiger partial charge in [-0.15, -0.1) is 0 Å². The van der Waals surface area contributed by atoms with Gasteiger partial charge in [0.2, 0.25) is 11.7 Å². The fourth-order valence-corrected chi connectivity index (χ4v) is 3.66. The molecule has 0 spiro atoms. The molecule has 2 aliphatic rings. The number of hydrogen-bond acceptors (Lipinski definition) is 6. The van der Waals surface area contributed by atoms with Crippen molar-refractivity contribution in [1.29, 1.82) is 0 Å². The van der Waals surface area contributed by atoms with Crippen LogP contribution in [-0.2, 0) is 4.74 Å². The van der Waals surface area contributed by atoms with Crippen LogP contribution in [-0.4, -0.2) is 54.0 Å². The van der Waals surface area contributed by atoms with Crippen LogP contribution in [0.2, 0.25) is 0 Å². The highest BCUT2D eigenvalue weighted by Gasteiger charge is 2.34. The second-order valence-electron chi connectivity index (χ2n) is 7.12. The van der Waals surface area contributed by atoms with Crippen molar-refractivity contribution in [1.82, 2.24) is 15.0 Å². The van der Waals surface area contributed by atoms with Gasteiger partial charge in [0.15, 0.2) is 0 Å². The summed E-state index contributed by atoms with van der Waals surface area (Å²) in [4.78, 5) is 7.01. The maximum absolute atomic E-state index is 5.84. The van der Waals surface area contributed by atoms with Crippen LogP contribution < -0.4 is 4.74 Å². The van der Waals surface area contributed by atoms with E-state index in [1.54, 1.807) is 0 Å². The molecule has 1 aromatic heterocycles. The van der Waals surface area contributed by atoms with Crippen LogP contribution in [0.3, 0.4) is 0 Å². The average molecular weight is 357 g/mol.